The molecular formula is C40H29N12NaO4. The summed E-state index contributed by atoms with van der Waals surface area (Å²) in [6, 6.07) is 37.6. The second-order valence-electron chi connectivity index (χ2n) is 12.8. The molecule has 6 aromatic carbocycles. The number of carbonyl (C=O) groups excluding carboxylic acids is 4. The standard InChI is InChI=1S/2C20H14N6O2.Na.H/c2*27-17-11-18(28)26(14-6-3-5-13(10-14)20-22-24-25-23-20)16-9-8-12-4-1-2-7-15(12)19(16)21-17;;/h2*1-10H,11H2,(H,21,27)(H,22,23,24,25);;/q;;+1;-1. The number of fused-ring (bicyclic) bond motifs is 6. The van der Waals surface area contributed by atoms with Crippen LogP contribution in [0.2, 0.25) is 0 Å². The van der Waals surface area contributed by atoms with Gasteiger partial charge in [0.05, 0.1) is 22.7 Å². The zero-order chi connectivity index (χ0) is 38.2. The molecule has 0 radical (unpaired) electrons. The van der Waals surface area contributed by atoms with Crippen molar-refractivity contribution in [3.8, 4) is 22.8 Å². The molecule has 0 spiro atoms. The maximum absolute atomic E-state index is 12.9. The Balaban J connectivity index is 0.000000171. The normalized spacial score (nSPS) is 13.7. The quantitative estimate of drug-likeness (QED) is 0.152. The number of anilines is 6. The molecule has 4 heterocycles. The van der Waals surface area contributed by atoms with Gasteiger partial charge in [0.2, 0.25) is 35.3 Å². The van der Waals surface area contributed by atoms with Crippen LogP contribution in [0.3, 0.4) is 0 Å². The first-order valence-corrected chi connectivity index (χ1v) is 17.4. The molecule has 0 unspecified atom stereocenters. The summed E-state index contributed by atoms with van der Waals surface area (Å²) in [5, 5.41) is 37.5. The number of rotatable bonds is 4. The molecular weight excluding hydrogens is 736 g/mol. The number of carbonyl (C=O) groups is 4. The number of hydrogen-bond acceptors (Lipinski definition) is 10. The first kappa shape index (κ1) is 36.8. The zero-order valence-electron chi connectivity index (χ0n) is 31.2. The maximum Gasteiger partial charge on any atom is 1.00 e. The third-order valence-corrected chi connectivity index (χ3v) is 9.36. The minimum atomic E-state index is -0.334. The molecule has 2 aromatic heterocycles. The Morgan fingerprint density at radius 3 is 1.37 bits per heavy atom. The first-order valence-electron chi connectivity index (χ1n) is 17.4. The van der Waals surface area contributed by atoms with E-state index in [-0.39, 0.29) is 67.5 Å². The summed E-state index contributed by atoms with van der Waals surface area (Å²) in [6.07, 6.45) is -0.481. The zero-order valence-corrected chi connectivity index (χ0v) is 32.2. The van der Waals surface area contributed by atoms with Crippen molar-refractivity contribution >= 4 is 79.3 Å². The van der Waals surface area contributed by atoms with Crippen molar-refractivity contribution < 1.29 is 50.2 Å². The monoisotopic (exact) mass is 764 g/mol. The number of nitrogens with zero attached hydrogens (tertiary/aromatic N) is 8. The molecule has 0 atom stereocenters. The molecule has 57 heavy (non-hydrogen) atoms. The van der Waals surface area contributed by atoms with Gasteiger partial charge < -0.3 is 12.1 Å². The molecule has 2 aliphatic heterocycles. The Hall–Kier alpha value is -7.14. The molecule has 2 aliphatic rings. The fraction of sp³-hybridized carbons (Fsp3) is 0.0500. The maximum atomic E-state index is 12.9. The van der Waals surface area contributed by atoms with Gasteiger partial charge in [-0.25, -0.2) is 0 Å². The summed E-state index contributed by atoms with van der Waals surface area (Å²) in [4.78, 5) is 53.7. The average molecular weight is 765 g/mol. The van der Waals surface area contributed by atoms with Crippen molar-refractivity contribution in [3.63, 3.8) is 0 Å². The first-order chi connectivity index (χ1) is 27.4. The molecule has 16 nitrogen and oxygen atoms in total. The van der Waals surface area contributed by atoms with Crippen LogP contribution in [0.5, 0.6) is 0 Å². The predicted molar refractivity (Wildman–Crippen MR) is 209 cm³/mol. The second kappa shape index (κ2) is 15.5. The number of aromatic amines is 2. The number of amides is 4. The van der Waals surface area contributed by atoms with Crippen molar-refractivity contribution in [3.05, 3.63) is 121 Å². The van der Waals surface area contributed by atoms with Crippen LogP contribution in [0, 0.1) is 0 Å². The van der Waals surface area contributed by atoms with Crippen molar-refractivity contribution in [2.24, 2.45) is 0 Å². The van der Waals surface area contributed by atoms with Gasteiger partial charge in [-0.2, -0.15) is 10.4 Å². The van der Waals surface area contributed by atoms with Crippen molar-refractivity contribution in [1.29, 1.82) is 0 Å². The van der Waals surface area contributed by atoms with E-state index < -0.39 is 0 Å². The van der Waals surface area contributed by atoms with Gasteiger partial charge in [0.25, 0.3) is 0 Å². The minimum Gasteiger partial charge on any atom is -1.00 e. The largest absolute Gasteiger partial charge is 1.00 e. The average Bonchev–Trinajstić information content (AvgIpc) is 3.92. The molecule has 0 aliphatic carbocycles. The van der Waals surface area contributed by atoms with Crippen molar-refractivity contribution in [2.45, 2.75) is 12.8 Å². The van der Waals surface area contributed by atoms with Crippen LogP contribution in [-0.2, 0) is 19.2 Å². The van der Waals surface area contributed by atoms with E-state index in [9.17, 15) is 19.2 Å². The van der Waals surface area contributed by atoms with Crippen molar-refractivity contribution in [2.75, 3.05) is 20.4 Å². The predicted octanol–water partition coefficient (Wildman–Crippen LogP) is 3.17. The van der Waals surface area contributed by atoms with Gasteiger partial charge in [-0.3, -0.25) is 29.0 Å². The number of benzene rings is 6. The molecule has 0 fully saturated rings. The second-order valence-corrected chi connectivity index (χ2v) is 12.8. The van der Waals surface area contributed by atoms with Gasteiger partial charge in [-0.15, -0.1) is 20.4 Å². The molecule has 10 rings (SSSR count). The van der Waals surface area contributed by atoms with Crippen LogP contribution in [0.15, 0.2) is 121 Å². The Morgan fingerprint density at radius 2 is 0.947 bits per heavy atom. The van der Waals surface area contributed by atoms with E-state index in [4.69, 9.17) is 0 Å². The third kappa shape index (κ3) is 7.11. The number of aromatic nitrogens is 8. The van der Waals surface area contributed by atoms with Crippen LogP contribution in [0.4, 0.5) is 34.1 Å². The molecule has 0 bridgehead atoms. The number of nitrogens with one attached hydrogen (secondary N) is 4. The summed E-state index contributed by atoms with van der Waals surface area (Å²) in [5.74, 6) is -0.429. The third-order valence-electron chi connectivity index (χ3n) is 9.36. The Kier molecular flexibility index (Phi) is 10.0. The van der Waals surface area contributed by atoms with Crippen LogP contribution in [0.25, 0.3) is 44.3 Å². The van der Waals surface area contributed by atoms with E-state index >= 15 is 0 Å². The summed E-state index contributed by atoms with van der Waals surface area (Å²) in [6.45, 7) is 0. The Morgan fingerprint density at radius 1 is 0.509 bits per heavy atom. The molecule has 4 amide bonds. The number of hydrogen-bond donors (Lipinski definition) is 4. The van der Waals surface area contributed by atoms with Crippen LogP contribution in [-0.4, -0.2) is 64.9 Å². The Labute approximate surface area is 346 Å². The van der Waals surface area contributed by atoms with Gasteiger partial charge in [-0.1, -0.05) is 84.9 Å². The molecule has 4 N–H and O–H groups in total. The van der Waals surface area contributed by atoms with E-state index in [2.05, 4.69) is 51.9 Å². The van der Waals surface area contributed by atoms with E-state index in [1.807, 2.05) is 109 Å². The SMILES string of the molecule is O=C1CC(=O)N(c2cccc(-c3nn[nH]n3)c2)c2ccc3ccccc3c2N1.O=C1CC(=O)N(c2cccc(-c3nn[nH]n3)c2)c2ccc3ccccc3c2N1.[H-].[Na+]. The van der Waals surface area contributed by atoms with E-state index in [0.717, 1.165) is 21.5 Å². The summed E-state index contributed by atoms with van der Waals surface area (Å²) < 4.78 is 0. The summed E-state index contributed by atoms with van der Waals surface area (Å²) >= 11 is 0. The smallest absolute Gasteiger partial charge is 1.00 e. The number of tetrazole rings is 2. The fourth-order valence-corrected chi connectivity index (χ4v) is 6.93. The van der Waals surface area contributed by atoms with Crippen LogP contribution in [0.1, 0.15) is 14.3 Å². The van der Waals surface area contributed by atoms with Gasteiger partial charge in [-0.05, 0) is 57.6 Å². The molecule has 8 aromatic rings. The summed E-state index contributed by atoms with van der Waals surface area (Å²) in [7, 11) is 0. The van der Waals surface area contributed by atoms with Crippen molar-refractivity contribution in [1.82, 2.24) is 41.2 Å². The molecule has 0 saturated heterocycles. The van der Waals surface area contributed by atoms with Gasteiger partial charge in [0.1, 0.15) is 12.8 Å². The fourth-order valence-electron chi connectivity index (χ4n) is 6.93. The van der Waals surface area contributed by atoms with Crippen LogP contribution < -0.4 is 50.0 Å². The van der Waals surface area contributed by atoms with Crippen LogP contribution >= 0.6 is 0 Å². The molecule has 274 valence electrons. The van der Waals surface area contributed by atoms with E-state index in [1.165, 1.54) is 0 Å². The molecule has 17 heteroatoms. The van der Waals surface area contributed by atoms with Gasteiger partial charge in [0, 0.05) is 33.3 Å². The van der Waals surface area contributed by atoms with Gasteiger partial charge in [0.15, 0.2) is 0 Å². The minimum absolute atomic E-state index is 0. The molecule has 0 saturated carbocycles. The van der Waals surface area contributed by atoms with E-state index in [1.54, 1.807) is 21.9 Å². The summed E-state index contributed by atoms with van der Waals surface area (Å²) in [5.41, 5.74) is 5.17. The van der Waals surface area contributed by atoms with Gasteiger partial charge >= 0.3 is 29.6 Å². The number of H-pyrrole nitrogens is 2. The van der Waals surface area contributed by atoms with E-state index in [0.29, 0.717) is 56.9 Å². The Bertz CT molecular complexity index is 2640. The topological polar surface area (TPSA) is 208 Å².